The molecule has 1 aliphatic rings. The third-order valence-corrected chi connectivity index (χ3v) is 5.47. The Balaban J connectivity index is 1.60. The van der Waals surface area contributed by atoms with Gasteiger partial charge in [-0.1, -0.05) is 57.0 Å². The molecule has 1 unspecified atom stereocenters. The first-order valence-corrected chi connectivity index (χ1v) is 9.76. The Morgan fingerprint density at radius 3 is 2.85 bits per heavy atom. The minimum atomic E-state index is -0.174. The number of carbonyl (C=O) groups is 1. The monoisotopic (exact) mass is 425 g/mol. The van der Waals surface area contributed by atoms with Crippen molar-refractivity contribution in [1.82, 2.24) is 15.0 Å². The predicted molar refractivity (Wildman–Crippen MR) is 106 cm³/mol. The minimum absolute atomic E-state index is 0.127. The van der Waals surface area contributed by atoms with E-state index in [-0.39, 0.29) is 11.9 Å². The molecule has 138 valence electrons. The summed E-state index contributed by atoms with van der Waals surface area (Å²) < 4.78 is 6.50. The zero-order valence-electron chi connectivity index (χ0n) is 15.3. The maximum atomic E-state index is 12.5. The second kappa shape index (κ2) is 7.27. The van der Waals surface area contributed by atoms with Gasteiger partial charge in [0.05, 0.1) is 0 Å². The van der Waals surface area contributed by atoms with Gasteiger partial charge in [0.25, 0.3) is 0 Å². The average molecular weight is 426 g/mol. The second-order valence-electron chi connectivity index (χ2n) is 6.97. The molecule has 0 aliphatic carbocycles. The van der Waals surface area contributed by atoms with Crippen molar-refractivity contribution in [2.75, 3.05) is 0 Å². The number of hydrogen-bond donors (Lipinski definition) is 0. The molecule has 2 heterocycles. The summed E-state index contributed by atoms with van der Waals surface area (Å²) in [6.45, 7) is 4.71. The van der Waals surface area contributed by atoms with Crippen LogP contribution >= 0.6 is 15.9 Å². The van der Waals surface area contributed by atoms with Gasteiger partial charge in [0.15, 0.2) is 0 Å². The van der Waals surface area contributed by atoms with E-state index in [1.54, 1.807) is 0 Å². The Morgan fingerprint density at radius 2 is 2.07 bits per heavy atom. The number of benzene rings is 2. The fourth-order valence-corrected chi connectivity index (χ4v) is 3.91. The molecule has 1 saturated heterocycles. The summed E-state index contributed by atoms with van der Waals surface area (Å²) in [5, 5.41) is 4.12. The maximum Gasteiger partial charge on any atom is 0.249 e. The number of nitrogens with zero attached hydrogens (tertiary/aromatic N) is 3. The molecule has 0 saturated carbocycles. The van der Waals surface area contributed by atoms with Gasteiger partial charge in [-0.25, -0.2) is 0 Å². The van der Waals surface area contributed by atoms with Crippen LogP contribution < -0.4 is 0 Å². The van der Waals surface area contributed by atoms with E-state index in [9.17, 15) is 4.79 Å². The highest BCUT2D eigenvalue weighted by atomic mass is 79.9. The van der Waals surface area contributed by atoms with E-state index in [0.717, 1.165) is 15.6 Å². The first-order chi connectivity index (χ1) is 13.0. The molecule has 2 aromatic carbocycles. The summed E-state index contributed by atoms with van der Waals surface area (Å²) in [5.74, 6) is 1.17. The molecule has 5 nitrogen and oxygen atoms in total. The number of halogens is 1. The van der Waals surface area contributed by atoms with Gasteiger partial charge in [-0.05, 0) is 43.5 Å². The van der Waals surface area contributed by atoms with Crippen LogP contribution in [0.3, 0.4) is 0 Å². The highest BCUT2D eigenvalue weighted by Gasteiger charge is 2.36. The van der Waals surface area contributed by atoms with Crippen molar-refractivity contribution in [3.05, 3.63) is 69.5 Å². The number of amides is 1. The van der Waals surface area contributed by atoms with Crippen LogP contribution in [0, 0.1) is 13.8 Å². The van der Waals surface area contributed by atoms with Crippen LogP contribution in [-0.2, 0) is 11.3 Å². The predicted octanol–water partition coefficient (Wildman–Crippen LogP) is 4.98. The largest absolute Gasteiger partial charge is 0.337 e. The Labute approximate surface area is 166 Å². The third-order valence-electron chi connectivity index (χ3n) is 4.98. The van der Waals surface area contributed by atoms with Crippen molar-refractivity contribution in [3.63, 3.8) is 0 Å². The van der Waals surface area contributed by atoms with Gasteiger partial charge in [-0.2, -0.15) is 4.98 Å². The number of aromatic nitrogens is 2. The van der Waals surface area contributed by atoms with Crippen LogP contribution in [0.25, 0.3) is 11.4 Å². The SMILES string of the molecule is Cc1ccc(CN2C(=O)CCC2c2nc(-c3cccc(Br)c3)no2)c(C)c1. The van der Waals surface area contributed by atoms with Gasteiger partial charge in [0, 0.05) is 23.0 Å². The lowest BCUT2D eigenvalue weighted by Gasteiger charge is -2.23. The molecule has 0 N–H and O–H groups in total. The molecule has 1 atom stereocenters. The zero-order valence-corrected chi connectivity index (χ0v) is 16.9. The first kappa shape index (κ1) is 17.9. The average Bonchev–Trinajstić information content (AvgIpc) is 3.25. The third kappa shape index (κ3) is 3.67. The number of hydrogen-bond acceptors (Lipinski definition) is 4. The smallest absolute Gasteiger partial charge is 0.249 e. The van der Waals surface area contributed by atoms with Gasteiger partial charge in [-0.3, -0.25) is 4.79 Å². The molecule has 1 amide bonds. The lowest BCUT2D eigenvalue weighted by Crippen LogP contribution is -2.27. The van der Waals surface area contributed by atoms with Crippen molar-refractivity contribution in [2.24, 2.45) is 0 Å². The lowest BCUT2D eigenvalue weighted by atomic mass is 10.0. The Morgan fingerprint density at radius 1 is 1.22 bits per heavy atom. The molecule has 1 fully saturated rings. The molecule has 0 radical (unpaired) electrons. The van der Waals surface area contributed by atoms with Gasteiger partial charge >= 0.3 is 0 Å². The molecule has 1 aromatic heterocycles. The quantitative estimate of drug-likeness (QED) is 0.591. The fourth-order valence-electron chi connectivity index (χ4n) is 3.51. The van der Waals surface area contributed by atoms with Gasteiger partial charge < -0.3 is 9.42 Å². The summed E-state index contributed by atoms with van der Waals surface area (Å²) in [7, 11) is 0. The van der Waals surface area contributed by atoms with E-state index < -0.39 is 0 Å². The molecular weight excluding hydrogens is 406 g/mol. The van der Waals surface area contributed by atoms with E-state index in [2.05, 4.69) is 58.1 Å². The van der Waals surface area contributed by atoms with Crippen molar-refractivity contribution < 1.29 is 9.32 Å². The second-order valence-corrected chi connectivity index (χ2v) is 7.89. The fraction of sp³-hybridized carbons (Fsp3) is 0.286. The molecular formula is C21H20BrN3O2. The maximum absolute atomic E-state index is 12.5. The van der Waals surface area contributed by atoms with E-state index >= 15 is 0 Å². The Bertz CT molecular complexity index is 999. The standard InChI is InChI=1S/C21H20BrN3O2/c1-13-6-7-16(14(2)10-13)12-25-18(8-9-19(25)26)21-23-20(24-27-21)15-4-3-5-17(22)11-15/h3-7,10-11,18H,8-9,12H2,1-2H3. The Kier molecular flexibility index (Phi) is 4.83. The van der Waals surface area contributed by atoms with Crippen molar-refractivity contribution in [2.45, 2.75) is 39.3 Å². The zero-order chi connectivity index (χ0) is 19.0. The lowest BCUT2D eigenvalue weighted by molar-refractivity contribution is -0.130. The first-order valence-electron chi connectivity index (χ1n) is 8.96. The number of aryl methyl sites for hydroxylation is 2. The normalized spacial score (nSPS) is 16.9. The molecule has 1 aliphatic heterocycles. The number of carbonyl (C=O) groups excluding carboxylic acids is 1. The van der Waals surface area contributed by atoms with Crippen LogP contribution in [0.2, 0.25) is 0 Å². The van der Waals surface area contributed by atoms with Crippen LogP contribution in [0.15, 0.2) is 51.5 Å². The topological polar surface area (TPSA) is 59.2 Å². The molecule has 0 bridgehead atoms. The van der Waals surface area contributed by atoms with Crippen LogP contribution in [0.1, 0.15) is 41.5 Å². The van der Waals surface area contributed by atoms with Crippen LogP contribution in [0.4, 0.5) is 0 Å². The molecule has 4 rings (SSSR count). The summed E-state index contributed by atoms with van der Waals surface area (Å²) >= 11 is 3.46. The van der Waals surface area contributed by atoms with Gasteiger partial charge in [0.1, 0.15) is 6.04 Å². The van der Waals surface area contributed by atoms with E-state index in [1.165, 1.54) is 11.1 Å². The van der Waals surface area contributed by atoms with Crippen molar-refractivity contribution in [3.8, 4) is 11.4 Å². The van der Waals surface area contributed by atoms with Crippen LogP contribution in [0.5, 0.6) is 0 Å². The van der Waals surface area contributed by atoms with Gasteiger partial charge in [0.2, 0.25) is 17.6 Å². The summed E-state index contributed by atoms with van der Waals surface area (Å²) in [6, 6.07) is 13.9. The van der Waals surface area contributed by atoms with E-state index in [4.69, 9.17) is 4.52 Å². The van der Waals surface area contributed by atoms with Gasteiger partial charge in [-0.15, -0.1) is 0 Å². The van der Waals surface area contributed by atoms with Crippen LogP contribution in [-0.4, -0.2) is 20.9 Å². The molecule has 6 heteroatoms. The number of rotatable bonds is 4. The molecule has 3 aromatic rings. The summed E-state index contributed by atoms with van der Waals surface area (Å²) in [4.78, 5) is 18.9. The molecule has 27 heavy (non-hydrogen) atoms. The van der Waals surface area contributed by atoms with E-state index in [0.29, 0.717) is 31.1 Å². The highest BCUT2D eigenvalue weighted by Crippen LogP contribution is 2.34. The summed E-state index contributed by atoms with van der Waals surface area (Å²) in [5.41, 5.74) is 4.43. The number of likely N-dealkylation sites (tertiary alicyclic amines) is 1. The Hall–Kier alpha value is -2.47. The highest BCUT2D eigenvalue weighted by molar-refractivity contribution is 9.10. The van der Waals surface area contributed by atoms with E-state index in [1.807, 2.05) is 29.2 Å². The van der Waals surface area contributed by atoms with Crippen molar-refractivity contribution in [1.29, 1.82) is 0 Å². The van der Waals surface area contributed by atoms with Crippen molar-refractivity contribution >= 4 is 21.8 Å². The molecule has 0 spiro atoms. The minimum Gasteiger partial charge on any atom is -0.337 e. The summed E-state index contributed by atoms with van der Waals surface area (Å²) in [6.07, 6.45) is 1.20.